The molecule has 0 aliphatic carbocycles. The second-order valence-electron chi connectivity index (χ2n) is 6.90. The van der Waals surface area contributed by atoms with Crippen molar-refractivity contribution in [1.29, 1.82) is 0 Å². The Morgan fingerprint density at radius 1 is 1.33 bits per heavy atom. The number of nitrogens with zero attached hydrogens (tertiary/aromatic N) is 4. The number of pyridine rings is 1. The van der Waals surface area contributed by atoms with E-state index in [1.54, 1.807) is 18.3 Å². The average Bonchev–Trinajstić information content (AvgIpc) is 2.73. The molecule has 5 nitrogen and oxygen atoms in total. The second kappa shape index (κ2) is 9.31. The van der Waals surface area contributed by atoms with Gasteiger partial charge in [-0.3, -0.25) is 4.99 Å². The molecule has 1 aromatic carbocycles. The van der Waals surface area contributed by atoms with Gasteiger partial charge in [0, 0.05) is 29.3 Å². The maximum atomic E-state index is 14.4. The van der Waals surface area contributed by atoms with Gasteiger partial charge in [0.15, 0.2) is 5.49 Å². The number of benzene rings is 1. The van der Waals surface area contributed by atoms with Crippen LogP contribution in [0.2, 0.25) is 0 Å². The molecule has 0 saturated heterocycles. The molecule has 0 aliphatic heterocycles. The Hall–Kier alpha value is -3.53. The van der Waals surface area contributed by atoms with Gasteiger partial charge < -0.3 is 9.88 Å². The van der Waals surface area contributed by atoms with E-state index in [0.29, 0.717) is 23.3 Å². The highest BCUT2D eigenvalue weighted by Gasteiger charge is 2.09. The maximum Gasteiger partial charge on any atom is 0.159 e. The lowest BCUT2D eigenvalue weighted by molar-refractivity contribution is 0.461. The quantitative estimate of drug-likeness (QED) is 0.659. The van der Waals surface area contributed by atoms with Gasteiger partial charge in [-0.2, -0.15) is 0 Å². The lowest BCUT2D eigenvalue weighted by Crippen LogP contribution is -2.17. The van der Waals surface area contributed by atoms with Gasteiger partial charge in [0.25, 0.3) is 0 Å². The van der Waals surface area contributed by atoms with Crippen molar-refractivity contribution in [1.82, 2.24) is 19.9 Å². The summed E-state index contributed by atoms with van der Waals surface area (Å²) >= 11 is 0. The van der Waals surface area contributed by atoms with E-state index in [0.717, 1.165) is 22.4 Å². The van der Waals surface area contributed by atoms with Crippen LogP contribution in [-0.2, 0) is 20.3 Å². The van der Waals surface area contributed by atoms with Crippen LogP contribution in [0.1, 0.15) is 29.6 Å². The Balaban J connectivity index is 2.04. The summed E-state index contributed by atoms with van der Waals surface area (Å²) in [7, 11) is 1.89. The number of hydrogen-bond acceptors (Lipinski definition) is 4. The molecule has 0 amide bonds. The van der Waals surface area contributed by atoms with Crippen LogP contribution in [0, 0.1) is 24.6 Å². The number of nitrogens with one attached hydrogen (secondary N) is 1. The van der Waals surface area contributed by atoms with Crippen LogP contribution in [0.4, 0.5) is 8.78 Å². The number of alkyl halides is 1. The van der Waals surface area contributed by atoms with Crippen molar-refractivity contribution in [3.8, 4) is 11.8 Å². The Bertz CT molecular complexity index is 1230. The molecule has 3 aromatic rings. The van der Waals surface area contributed by atoms with Crippen molar-refractivity contribution in [3.05, 3.63) is 76.7 Å². The zero-order valence-electron chi connectivity index (χ0n) is 17.3. The fourth-order valence-corrected chi connectivity index (χ4v) is 2.89. The largest absolute Gasteiger partial charge is 0.378 e. The first-order valence-electron chi connectivity index (χ1n) is 9.45. The maximum absolute atomic E-state index is 14.4. The molecule has 2 heterocycles. The van der Waals surface area contributed by atoms with Crippen molar-refractivity contribution in [2.75, 3.05) is 6.54 Å². The topological polar surface area (TPSA) is 55.1 Å². The van der Waals surface area contributed by atoms with Crippen LogP contribution in [0.5, 0.6) is 0 Å². The molecule has 2 aromatic heterocycles. The van der Waals surface area contributed by atoms with Gasteiger partial charge in [0.05, 0.1) is 24.8 Å². The molecule has 0 aliphatic rings. The summed E-state index contributed by atoms with van der Waals surface area (Å²) in [5.74, 6) is 6.18. The van der Waals surface area contributed by atoms with Crippen LogP contribution >= 0.6 is 0 Å². The van der Waals surface area contributed by atoms with E-state index in [1.807, 2.05) is 31.5 Å². The smallest absolute Gasteiger partial charge is 0.159 e. The SMILES string of the molecule is C=C(C)NCC#Cc1cc2c(=NCc3cccc(CF)c3F)nc(C)n(C)c2cn1. The summed E-state index contributed by atoms with van der Waals surface area (Å²) in [4.78, 5) is 13.5. The number of allylic oxidation sites excluding steroid dienone is 1. The third-order valence-electron chi connectivity index (χ3n) is 4.64. The van der Waals surface area contributed by atoms with Gasteiger partial charge >= 0.3 is 0 Å². The summed E-state index contributed by atoms with van der Waals surface area (Å²) in [6.45, 7) is 7.17. The van der Waals surface area contributed by atoms with E-state index < -0.39 is 12.5 Å². The first-order valence-corrected chi connectivity index (χ1v) is 9.45. The molecule has 0 saturated carbocycles. The van der Waals surface area contributed by atoms with E-state index in [-0.39, 0.29) is 12.1 Å². The molecule has 1 N–H and O–H groups in total. The number of rotatable bonds is 5. The summed E-state index contributed by atoms with van der Waals surface area (Å²) in [6.07, 6.45) is 1.73. The lowest BCUT2D eigenvalue weighted by atomic mass is 10.1. The fourth-order valence-electron chi connectivity index (χ4n) is 2.89. The molecule has 0 radical (unpaired) electrons. The molecule has 0 atom stereocenters. The highest BCUT2D eigenvalue weighted by atomic mass is 19.1. The fraction of sp³-hybridized carbons (Fsp3) is 0.261. The van der Waals surface area contributed by atoms with Gasteiger partial charge in [-0.05, 0) is 25.8 Å². The average molecular weight is 407 g/mol. The molecular formula is C23H23F2N5. The van der Waals surface area contributed by atoms with Crippen molar-refractivity contribution < 1.29 is 8.78 Å². The summed E-state index contributed by atoms with van der Waals surface area (Å²) in [6, 6.07) is 6.48. The standard InChI is InChI=1S/C23H23F2N5/c1-15(2)26-10-6-9-19-11-20-21(14-27-19)30(4)16(3)29-23(20)28-13-18-8-5-7-17(12-24)22(18)25/h5,7-8,11,14,26H,1,10,12-13H2,2-4H3. The third-order valence-corrected chi connectivity index (χ3v) is 4.64. The minimum atomic E-state index is -0.852. The number of halogens is 2. The summed E-state index contributed by atoms with van der Waals surface area (Å²) in [5, 5.41) is 3.80. The number of aromatic nitrogens is 3. The normalized spacial score (nSPS) is 11.3. The molecule has 0 fully saturated rings. The van der Waals surface area contributed by atoms with E-state index in [2.05, 4.69) is 38.7 Å². The van der Waals surface area contributed by atoms with Gasteiger partial charge in [-0.15, -0.1) is 0 Å². The van der Waals surface area contributed by atoms with Crippen molar-refractivity contribution in [2.45, 2.75) is 27.1 Å². The van der Waals surface area contributed by atoms with Crippen molar-refractivity contribution in [2.24, 2.45) is 12.0 Å². The highest BCUT2D eigenvalue weighted by Crippen LogP contribution is 2.15. The molecule has 0 bridgehead atoms. The molecule has 154 valence electrons. The Labute approximate surface area is 174 Å². The van der Waals surface area contributed by atoms with Gasteiger partial charge in [-0.25, -0.2) is 18.7 Å². The first kappa shape index (κ1) is 21.2. The minimum absolute atomic E-state index is 0.0290. The minimum Gasteiger partial charge on any atom is -0.378 e. The van der Waals surface area contributed by atoms with Crippen molar-refractivity contribution >= 4 is 10.9 Å². The first-order chi connectivity index (χ1) is 14.4. The van der Waals surface area contributed by atoms with Gasteiger partial charge in [-0.1, -0.05) is 30.7 Å². The van der Waals surface area contributed by atoms with Crippen molar-refractivity contribution in [3.63, 3.8) is 0 Å². The van der Waals surface area contributed by atoms with Crippen LogP contribution in [-0.4, -0.2) is 21.1 Å². The third kappa shape index (κ3) is 4.71. The Morgan fingerprint density at radius 2 is 2.10 bits per heavy atom. The van der Waals surface area contributed by atoms with Crippen LogP contribution in [0.25, 0.3) is 10.9 Å². The van der Waals surface area contributed by atoms with Gasteiger partial charge in [0.1, 0.15) is 24.0 Å². The summed E-state index contributed by atoms with van der Waals surface area (Å²) < 4.78 is 29.2. The second-order valence-corrected chi connectivity index (χ2v) is 6.90. The number of hydrogen-bond donors (Lipinski definition) is 1. The summed E-state index contributed by atoms with van der Waals surface area (Å²) in [5.41, 5.74) is 3.08. The van der Waals surface area contributed by atoms with E-state index >= 15 is 0 Å². The van der Waals surface area contributed by atoms with Crippen LogP contribution in [0.3, 0.4) is 0 Å². The Kier molecular flexibility index (Phi) is 6.58. The van der Waals surface area contributed by atoms with E-state index in [4.69, 9.17) is 0 Å². The highest BCUT2D eigenvalue weighted by molar-refractivity contribution is 5.78. The van der Waals surface area contributed by atoms with Crippen LogP contribution < -0.4 is 10.8 Å². The molecule has 0 unspecified atom stereocenters. The zero-order valence-corrected chi connectivity index (χ0v) is 17.3. The number of fused-ring (bicyclic) bond motifs is 1. The molecule has 3 rings (SSSR count). The predicted molar refractivity (Wildman–Crippen MR) is 113 cm³/mol. The van der Waals surface area contributed by atoms with E-state index in [1.165, 1.54) is 6.07 Å². The van der Waals surface area contributed by atoms with E-state index in [9.17, 15) is 8.78 Å². The Morgan fingerprint density at radius 3 is 2.83 bits per heavy atom. The predicted octanol–water partition coefficient (Wildman–Crippen LogP) is 3.46. The molecular weight excluding hydrogens is 384 g/mol. The van der Waals surface area contributed by atoms with Crippen LogP contribution in [0.15, 0.2) is 47.7 Å². The van der Waals surface area contributed by atoms with Gasteiger partial charge in [0.2, 0.25) is 0 Å². The molecule has 0 spiro atoms. The monoisotopic (exact) mass is 407 g/mol. The number of aryl methyl sites for hydroxylation is 2. The zero-order chi connectivity index (χ0) is 21.7. The molecule has 30 heavy (non-hydrogen) atoms. The lowest BCUT2D eigenvalue weighted by Gasteiger charge is -2.09. The molecule has 7 heteroatoms.